The molecular weight excluding hydrogens is 254 g/mol. The van der Waals surface area contributed by atoms with Crippen molar-refractivity contribution < 1.29 is 0 Å². The molecule has 0 radical (unpaired) electrons. The highest BCUT2D eigenvalue weighted by Crippen LogP contribution is 2.11. The molecule has 0 aromatic heterocycles. The average Bonchev–Trinajstić information content (AvgIpc) is 2.48. The van der Waals surface area contributed by atoms with E-state index in [1.807, 2.05) is 0 Å². The second-order valence-corrected chi connectivity index (χ2v) is 6.48. The van der Waals surface area contributed by atoms with Gasteiger partial charge in [-0.05, 0) is 39.2 Å². The van der Waals surface area contributed by atoms with Gasteiger partial charge in [0.1, 0.15) is 0 Å². The zero-order valence-corrected chi connectivity index (χ0v) is 15.1. The van der Waals surface area contributed by atoms with Crippen LogP contribution in [-0.2, 0) is 0 Å². The molecule has 1 heteroatoms. The van der Waals surface area contributed by atoms with E-state index in [-0.39, 0.29) is 0 Å². The average molecular weight is 296 g/mol. The van der Waals surface area contributed by atoms with E-state index < -0.39 is 0 Å². The van der Waals surface area contributed by atoms with E-state index in [1.54, 1.807) is 0 Å². The van der Waals surface area contributed by atoms with Gasteiger partial charge in [0.05, 0.1) is 0 Å². The SMILES string of the molecule is CCCC/C=C/CCCCCCCCCCC(C)NCC. The van der Waals surface area contributed by atoms with E-state index in [2.05, 4.69) is 38.2 Å². The van der Waals surface area contributed by atoms with Crippen LogP contribution in [0, 0.1) is 0 Å². The van der Waals surface area contributed by atoms with Crippen molar-refractivity contribution in [2.45, 2.75) is 110 Å². The van der Waals surface area contributed by atoms with Gasteiger partial charge in [-0.25, -0.2) is 0 Å². The molecule has 0 amide bonds. The molecule has 0 heterocycles. The zero-order chi connectivity index (χ0) is 15.6. The Morgan fingerprint density at radius 1 is 0.714 bits per heavy atom. The monoisotopic (exact) mass is 295 g/mol. The maximum Gasteiger partial charge on any atom is 0.00386 e. The minimum Gasteiger partial charge on any atom is -0.315 e. The van der Waals surface area contributed by atoms with E-state index in [1.165, 1.54) is 83.5 Å². The Morgan fingerprint density at radius 2 is 1.24 bits per heavy atom. The van der Waals surface area contributed by atoms with Crippen molar-refractivity contribution in [3.05, 3.63) is 12.2 Å². The van der Waals surface area contributed by atoms with Crippen molar-refractivity contribution in [1.29, 1.82) is 0 Å². The normalized spacial score (nSPS) is 13.1. The van der Waals surface area contributed by atoms with E-state index in [9.17, 15) is 0 Å². The molecule has 0 spiro atoms. The summed E-state index contributed by atoms with van der Waals surface area (Å²) in [5, 5.41) is 3.49. The fourth-order valence-electron chi connectivity index (χ4n) is 2.78. The van der Waals surface area contributed by atoms with Crippen LogP contribution in [-0.4, -0.2) is 12.6 Å². The van der Waals surface area contributed by atoms with Crippen LogP contribution in [0.3, 0.4) is 0 Å². The third kappa shape index (κ3) is 17.6. The predicted molar refractivity (Wildman–Crippen MR) is 98.0 cm³/mol. The molecule has 0 aliphatic carbocycles. The quantitative estimate of drug-likeness (QED) is 0.249. The lowest BCUT2D eigenvalue weighted by Crippen LogP contribution is -2.25. The summed E-state index contributed by atoms with van der Waals surface area (Å²) in [5.74, 6) is 0. The Bertz CT molecular complexity index is 210. The highest BCUT2D eigenvalue weighted by atomic mass is 14.9. The molecule has 0 aromatic rings. The second-order valence-electron chi connectivity index (χ2n) is 6.48. The minimum absolute atomic E-state index is 0.709. The third-order valence-electron chi connectivity index (χ3n) is 4.20. The molecule has 0 saturated carbocycles. The van der Waals surface area contributed by atoms with Crippen LogP contribution in [0.5, 0.6) is 0 Å². The first-order chi connectivity index (χ1) is 10.3. The molecule has 126 valence electrons. The largest absolute Gasteiger partial charge is 0.315 e. The maximum atomic E-state index is 3.49. The van der Waals surface area contributed by atoms with Crippen molar-refractivity contribution in [1.82, 2.24) is 5.32 Å². The van der Waals surface area contributed by atoms with Gasteiger partial charge >= 0.3 is 0 Å². The van der Waals surface area contributed by atoms with Crippen molar-refractivity contribution in [2.75, 3.05) is 6.54 Å². The first kappa shape index (κ1) is 20.7. The Kier molecular flexibility index (Phi) is 17.5. The van der Waals surface area contributed by atoms with Crippen molar-refractivity contribution in [2.24, 2.45) is 0 Å². The molecule has 0 aliphatic heterocycles. The van der Waals surface area contributed by atoms with Crippen molar-refractivity contribution >= 4 is 0 Å². The van der Waals surface area contributed by atoms with Gasteiger partial charge in [0.2, 0.25) is 0 Å². The van der Waals surface area contributed by atoms with Crippen LogP contribution < -0.4 is 5.32 Å². The first-order valence-electron chi connectivity index (χ1n) is 9.69. The molecule has 1 atom stereocenters. The molecule has 0 rings (SSSR count). The Hall–Kier alpha value is -0.300. The topological polar surface area (TPSA) is 12.0 Å². The summed E-state index contributed by atoms with van der Waals surface area (Å²) < 4.78 is 0. The summed E-state index contributed by atoms with van der Waals surface area (Å²) in [4.78, 5) is 0. The smallest absolute Gasteiger partial charge is 0.00386 e. The molecular formula is C20H41N. The molecule has 0 bridgehead atoms. The van der Waals surface area contributed by atoms with Crippen molar-refractivity contribution in [3.63, 3.8) is 0 Å². The van der Waals surface area contributed by atoms with Gasteiger partial charge in [-0.2, -0.15) is 0 Å². The predicted octanol–water partition coefficient (Wildman–Crippen LogP) is 6.63. The molecule has 0 aromatic carbocycles. The van der Waals surface area contributed by atoms with Gasteiger partial charge in [0, 0.05) is 6.04 Å². The lowest BCUT2D eigenvalue weighted by atomic mass is 10.0. The van der Waals surface area contributed by atoms with Gasteiger partial charge in [-0.15, -0.1) is 0 Å². The first-order valence-corrected chi connectivity index (χ1v) is 9.69. The van der Waals surface area contributed by atoms with Crippen LogP contribution in [0.25, 0.3) is 0 Å². The van der Waals surface area contributed by atoms with E-state index >= 15 is 0 Å². The summed E-state index contributed by atoms with van der Waals surface area (Å²) in [7, 11) is 0. The summed E-state index contributed by atoms with van der Waals surface area (Å²) in [6.07, 6.45) is 22.8. The highest BCUT2D eigenvalue weighted by molar-refractivity contribution is 4.81. The van der Waals surface area contributed by atoms with E-state index in [0.29, 0.717) is 6.04 Å². The lowest BCUT2D eigenvalue weighted by Gasteiger charge is -2.11. The summed E-state index contributed by atoms with van der Waals surface area (Å²) in [6.45, 7) is 7.86. The third-order valence-corrected chi connectivity index (χ3v) is 4.20. The van der Waals surface area contributed by atoms with Gasteiger partial charge in [-0.1, -0.05) is 83.8 Å². The standard InChI is InChI=1S/C20H41N/c1-4-6-7-8-9-10-11-12-13-14-15-16-17-18-19-20(3)21-5-2/h8-9,20-21H,4-7,10-19H2,1-3H3/b9-8+. The zero-order valence-electron chi connectivity index (χ0n) is 15.1. The lowest BCUT2D eigenvalue weighted by molar-refractivity contribution is 0.486. The summed E-state index contributed by atoms with van der Waals surface area (Å²) in [6, 6.07) is 0.709. The fraction of sp³-hybridized carbons (Fsp3) is 0.900. The maximum absolute atomic E-state index is 3.49. The summed E-state index contributed by atoms with van der Waals surface area (Å²) >= 11 is 0. The number of hydrogen-bond donors (Lipinski definition) is 1. The molecule has 0 saturated heterocycles. The Balaban J connectivity index is 3.07. The van der Waals surface area contributed by atoms with Crippen molar-refractivity contribution in [3.8, 4) is 0 Å². The van der Waals surface area contributed by atoms with E-state index in [0.717, 1.165) is 6.54 Å². The molecule has 1 N–H and O–H groups in total. The van der Waals surface area contributed by atoms with Crippen LogP contribution in [0.1, 0.15) is 104 Å². The number of allylic oxidation sites excluding steroid dienone is 2. The number of rotatable bonds is 16. The number of hydrogen-bond acceptors (Lipinski definition) is 1. The second kappa shape index (κ2) is 17.8. The fourth-order valence-corrected chi connectivity index (χ4v) is 2.78. The molecule has 0 aliphatic rings. The molecule has 0 fully saturated rings. The number of unbranched alkanes of at least 4 members (excludes halogenated alkanes) is 10. The van der Waals surface area contributed by atoms with Gasteiger partial charge in [-0.3, -0.25) is 0 Å². The van der Waals surface area contributed by atoms with Gasteiger partial charge in [0.25, 0.3) is 0 Å². The molecule has 1 unspecified atom stereocenters. The van der Waals surface area contributed by atoms with Gasteiger partial charge in [0.15, 0.2) is 0 Å². The van der Waals surface area contributed by atoms with Crippen LogP contribution in [0.15, 0.2) is 12.2 Å². The highest BCUT2D eigenvalue weighted by Gasteiger charge is 1.98. The van der Waals surface area contributed by atoms with Gasteiger partial charge < -0.3 is 5.32 Å². The molecule has 1 nitrogen and oxygen atoms in total. The van der Waals surface area contributed by atoms with Crippen LogP contribution in [0.2, 0.25) is 0 Å². The molecule has 21 heavy (non-hydrogen) atoms. The Morgan fingerprint density at radius 3 is 1.81 bits per heavy atom. The minimum atomic E-state index is 0.709. The number of nitrogens with one attached hydrogen (secondary N) is 1. The summed E-state index contributed by atoms with van der Waals surface area (Å²) in [5.41, 5.74) is 0. The van der Waals surface area contributed by atoms with Crippen LogP contribution >= 0.6 is 0 Å². The van der Waals surface area contributed by atoms with Crippen LogP contribution in [0.4, 0.5) is 0 Å². The van der Waals surface area contributed by atoms with E-state index in [4.69, 9.17) is 0 Å². The Labute approximate surface area is 135 Å².